The average Bonchev–Trinajstić information content (AvgIpc) is 3.19. The summed E-state index contributed by atoms with van der Waals surface area (Å²) >= 11 is 0. The maximum Gasteiger partial charge on any atom is 0.274 e. The topological polar surface area (TPSA) is 73.3 Å². The first-order valence-electron chi connectivity index (χ1n) is 9.44. The number of hydrogen-bond acceptors (Lipinski definition) is 5. The number of benzene rings is 1. The molecule has 28 heavy (non-hydrogen) atoms. The molecule has 6 heteroatoms. The van der Waals surface area contributed by atoms with E-state index in [1.807, 2.05) is 44.2 Å². The Bertz CT molecular complexity index is 1010. The molecule has 144 valence electrons. The van der Waals surface area contributed by atoms with Gasteiger partial charge in [0.1, 0.15) is 5.69 Å². The van der Waals surface area contributed by atoms with Gasteiger partial charge in [0.2, 0.25) is 5.88 Å². The highest BCUT2D eigenvalue weighted by atomic mass is 16.5. The third-order valence-electron chi connectivity index (χ3n) is 4.90. The summed E-state index contributed by atoms with van der Waals surface area (Å²) < 4.78 is 11.3. The van der Waals surface area contributed by atoms with Crippen molar-refractivity contribution in [2.24, 2.45) is 5.92 Å². The molecule has 4 rings (SSSR count). The molecule has 1 atom stereocenters. The van der Waals surface area contributed by atoms with Gasteiger partial charge in [-0.15, -0.1) is 0 Å². The zero-order chi connectivity index (χ0) is 19.5. The van der Waals surface area contributed by atoms with Crippen molar-refractivity contribution in [2.45, 2.75) is 20.3 Å². The normalized spacial score (nSPS) is 16.3. The molecular weight excluding hydrogens is 354 g/mol. The van der Waals surface area contributed by atoms with Gasteiger partial charge in [0.25, 0.3) is 5.91 Å². The van der Waals surface area contributed by atoms with Gasteiger partial charge in [-0.25, -0.2) is 4.98 Å². The van der Waals surface area contributed by atoms with Gasteiger partial charge in [-0.05, 0) is 61.0 Å². The molecule has 1 aliphatic heterocycles. The van der Waals surface area contributed by atoms with Crippen LogP contribution in [0.1, 0.15) is 28.0 Å². The molecule has 0 saturated carbocycles. The molecule has 1 fully saturated rings. The van der Waals surface area contributed by atoms with Gasteiger partial charge in [0.15, 0.2) is 0 Å². The Morgan fingerprint density at radius 2 is 2.14 bits per heavy atom. The summed E-state index contributed by atoms with van der Waals surface area (Å²) in [6.07, 6.45) is 4.44. The van der Waals surface area contributed by atoms with E-state index in [0.29, 0.717) is 29.8 Å². The van der Waals surface area contributed by atoms with Crippen LogP contribution >= 0.6 is 0 Å². The van der Waals surface area contributed by atoms with Crippen molar-refractivity contribution in [2.75, 3.05) is 25.1 Å². The number of amides is 1. The van der Waals surface area contributed by atoms with E-state index in [-0.39, 0.29) is 5.91 Å². The van der Waals surface area contributed by atoms with E-state index < -0.39 is 0 Å². The van der Waals surface area contributed by atoms with Crippen LogP contribution in [0.5, 0.6) is 5.88 Å². The highest BCUT2D eigenvalue weighted by Gasteiger charge is 2.17. The van der Waals surface area contributed by atoms with Crippen molar-refractivity contribution in [1.82, 2.24) is 9.97 Å². The molecule has 1 aliphatic rings. The Morgan fingerprint density at radius 3 is 2.93 bits per heavy atom. The van der Waals surface area contributed by atoms with Crippen LogP contribution in [0.4, 0.5) is 5.69 Å². The molecule has 2 aromatic heterocycles. The zero-order valence-electron chi connectivity index (χ0n) is 16.1. The van der Waals surface area contributed by atoms with E-state index in [1.54, 1.807) is 12.4 Å². The summed E-state index contributed by atoms with van der Waals surface area (Å²) in [5, 5.41) is 4.81. The molecule has 3 heterocycles. The van der Waals surface area contributed by atoms with E-state index in [0.717, 1.165) is 41.5 Å². The second-order valence-corrected chi connectivity index (χ2v) is 7.22. The highest BCUT2D eigenvalue weighted by Crippen LogP contribution is 2.27. The van der Waals surface area contributed by atoms with E-state index >= 15 is 0 Å². The maximum atomic E-state index is 12.6. The fourth-order valence-corrected chi connectivity index (χ4v) is 3.40. The minimum atomic E-state index is -0.219. The predicted octanol–water partition coefficient (Wildman–Crippen LogP) is 3.91. The van der Waals surface area contributed by atoms with E-state index in [2.05, 4.69) is 15.3 Å². The van der Waals surface area contributed by atoms with Gasteiger partial charge < -0.3 is 14.8 Å². The number of nitrogens with zero attached hydrogens (tertiary/aromatic N) is 2. The molecule has 1 unspecified atom stereocenters. The number of hydrogen-bond donors (Lipinski definition) is 1. The van der Waals surface area contributed by atoms with Gasteiger partial charge in [0.05, 0.1) is 13.2 Å². The average molecular weight is 377 g/mol. The lowest BCUT2D eigenvalue weighted by atomic mass is 10.1. The molecule has 1 saturated heterocycles. The quantitative estimate of drug-likeness (QED) is 0.730. The summed E-state index contributed by atoms with van der Waals surface area (Å²) in [5.74, 6) is 0.808. The molecule has 0 bridgehead atoms. The van der Waals surface area contributed by atoms with Gasteiger partial charge in [-0.3, -0.25) is 9.78 Å². The molecule has 0 spiro atoms. The van der Waals surface area contributed by atoms with Crippen LogP contribution in [0.25, 0.3) is 10.8 Å². The first kappa shape index (κ1) is 18.4. The standard InChI is InChI=1S/C22H23N3O3/c1-14-9-15(2)20(24-11-14)21(26)25-18-3-4-19-17(10-18)5-7-23-22(19)28-13-16-6-8-27-12-16/h3-5,7,9-11,16H,6,8,12-13H2,1-2H3,(H,25,26). The van der Waals surface area contributed by atoms with E-state index in [4.69, 9.17) is 9.47 Å². The fraction of sp³-hybridized carbons (Fsp3) is 0.318. The van der Waals surface area contributed by atoms with Gasteiger partial charge in [-0.2, -0.15) is 0 Å². The smallest absolute Gasteiger partial charge is 0.274 e. The predicted molar refractivity (Wildman–Crippen MR) is 108 cm³/mol. The van der Waals surface area contributed by atoms with Crippen molar-refractivity contribution < 1.29 is 14.3 Å². The van der Waals surface area contributed by atoms with Crippen LogP contribution in [-0.4, -0.2) is 35.7 Å². The number of anilines is 1. The Labute approximate surface area is 163 Å². The third-order valence-corrected chi connectivity index (χ3v) is 4.90. The number of nitrogens with one attached hydrogen (secondary N) is 1. The lowest BCUT2D eigenvalue weighted by Crippen LogP contribution is -2.15. The zero-order valence-corrected chi connectivity index (χ0v) is 16.1. The first-order valence-corrected chi connectivity index (χ1v) is 9.44. The van der Waals surface area contributed by atoms with Gasteiger partial charge in [-0.1, -0.05) is 6.07 Å². The summed E-state index contributed by atoms with van der Waals surface area (Å²) in [5.41, 5.74) is 3.03. The number of ether oxygens (including phenoxy) is 2. The number of rotatable bonds is 5. The van der Waals surface area contributed by atoms with Crippen molar-refractivity contribution in [3.63, 3.8) is 0 Å². The molecule has 0 radical (unpaired) electrons. The van der Waals surface area contributed by atoms with E-state index in [1.165, 1.54) is 0 Å². The number of carbonyl (C=O) groups is 1. The van der Waals surface area contributed by atoms with Crippen molar-refractivity contribution in [1.29, 1.82) is 0 Å². The van der Waals surface area contributed by atoms with Crippen LogP contribution in [0, 0.1) is 19.8 Å². The molecule has 1 N–H and O–H groups in total. The second-order valence-electron chi connectivity index (χ2n) is 7.22. The number of fused-ring (bicyclic) bond motifs is 1. The number of pyridine rings is 2. The summed E-state index contributed by atoms with van der Waals surface area (Å²) in [7, 11) is 0. The monoisotopic (exact) mass is 377 g/mol. The lowest BCUT2D eigenvalue weighted by molar-refractivity contribution is 0.102. The number of carbonyl (C=O) groups excluding carboxylic acids is 1. The Balaban J connectivity index is 1.52. The third kappa shape index (κ3) is 3.97. The molecule has 1 amide bonds. The number of aromatic nitrogens is 2. The first-order chi connectivity index (χ1) is 13.6. The number of aryl methyl sites for hydroxylation is 2. The molecule has 0 aliphatic carbocycles. The van der Waals surface area contributed by atoms with Crippen LogP contribution in [0.15, 0.2) is 42.7 Å². The largest absolute Gasteiger partial charge is 0.477 e. The van der Waals surface area contributed by atoms with Crippen LogP contribution < -0.4 is 10.1 Å². The molecule has 1 aromatic carbocycles. The second kappa shape index (κ2) is 7.94. The fourth-order valence-electron chi connectivity index (χ4n) is 3.40. The Hall–Kier alpha value is -2.99. The summed E-state index contributed by atoms with van der Waals surface area (Å²) in [6, 6.07) is 9.56. The van der Waals surface area contributed by atoms with Crippen LogP contribution in [0.3, 0.4) is 0 Å². The van der Waals surface area contributed by atoms with Crippen molar-refractivity contribution >= 4 is 22.4 Å². The van der Waals surface area contributed by atoms with E-state index in [9.17, 15) is 4.79 Å². The van der Waals surface area contributed by atoms with Crippen LogP contribution in [-0.2, 0) is 4.74 Å². The summed E-state index contributed by atoms with van der Waals surface area (Å²) in [4.78, 5) is 21.2. The SMILES string of the molecule is Cc1cnc(C(=O)Nc2ccc3c(OCC4CCOC4)nccc3c2)c(C)c1. The van der Waals surface area contributed by atoms with Crippen molar-refractivity contribution in [3.8, 4) is 5.88 Å². The Morgan fingerprint density at radius 1 is 1.25 bits per heavy atom. The maximum absolute atomic E-state index is 12.6. The molecular formula is C22H23N3O3. The Kier molecular flexibility index (Phi) is 5.21. The summed E-state index contributed by atoms with van der Waals surface area (Å²) in [6.45, 7) is 5.99. The minimum absolute atomic E-state index is 0.219. The lowest BCUT2D eigenvalue weighted by Gasteiger charge is -2.12. The highest BCUT2D eigenvalue weighted by molar-refractivity contribution is 6.05. The molecule has 3 aromatic rings. The van der Waals surface area contributed by atoms with Crippen LogP contribution in [0.2, 0.25) is 0 Å². The van der Waals surface area contributed by atoms with Gasteiger partial charge >= 0.3 is 0 Å². The van der Waals surface area contributed by atoms with Gasteiger partial charge in [0, 0.05) is 36.0 Å². The molecule has 6 nitrogen and oxygen atoms in total. The minimum Gasteiger partial charge on any atom is -0.477 e. The van der Waals surface area contributed by atoms with Crippen molar-refractivity contribution in [3.05, 3.63) is 59.5 Å².